The number of carbonyl (C=O) groups is 2. The Morgan fingerprint density at radius 1 is 1.23 bits per heavy atom. The standard InChI is InChI=1S/C19H22N4O3/c1-26-17-5-3-2-4-14(17)12-18(24)23-10-6-15(7-11-23)22-19(25)16-13-20-8-9-21-16/h2-5,8-9,13,15H,6-7,10-12H2,1H3,(H,22,25). The molecule has 1 N–H and O–H groups in total. The smallest absolute Gasteiger partial charge is 0.271 e. The number of likely N-dealkylation sites (tertiary alicyclic amines) is 1. The third-order valence-corrected chi connectivity index (χ3v) is 4.51. The molecule has 1 aliphatic rings. The summed E-state index contributed by atoms with van der Waals surface area (Å²) in [6.45, 7) is 1.25. The van der Waals surface area contributed by atoms with Crippen molar-refractivity contribution in [2.75, 3.05) is 20.2 Å². The maximum absolute atomic E-state index is 12.6. The predicted octanol–water partition coefficient (Wildman–Crippen LogP) is 1.45. The fourth-order valence-corrected chi connectivity index (χ4v) is 3.07. The molecule has 0 aliphatic carbocycles. The third kappa shape index (κ3) is 4.36. The van der Waals surface area contributed by atoms with Crippen LogP contribution < -0.4 is 10.1 Å². The van der Waals surface area contributed by atoms with Gasteiger partial charge in [0.25, 0.3) is 5.91 Å². The fourth-order valence-electron chi connectivity index (χ4n) is 3.07. The summed E-state index contributed by atoms with van der Waals surface area (Å²) < 4.78 is 5.31. The monoisotopic (exact) mass is 354 g/mol. The van der Waals surface area contributed by atoms with Crippen LogP contribution in [0.25, 0.3) is 0 Å². The lowest BCUT2D eigenvalue weighted by atomic mass is 10.0. The molecule has 2 amide bonds. The number of piperidine rings is 1. The van der Waals surface area contributed by atoms with Gasteiger partial charge in [0, 0.05) is 37.1 Å². The molecule has 1 aromatic carbocycles. The molecule has 2 heterocycles. The number of hydrogen-bond donors (Lipinski definition) is 1. The molecule has 136 valence electrons. The molecule has 1 fully saturated rings. The lowest BCUT2D eigenvalue weighted by Crippen LogP contribution is -2.47. The minimum Gasteiger partial charge on any atom is -0.496 e. The third-order valence-electron chi connectivity index (χ3n) is 4.51. The predicted molar refractivity (Wildman–Crippen MR) is 95.8 cm³/mol. The summed E-state index contributed by atoms with van der Waals surface area (Å²) in [7, 11) is 1.61. The number of aromatic nitrogens is 2. The number of nitrogens with one attached hydrogen (secondary N) is 1. The van der Waals surface area contributed by atoms with Gasteiger partial charge in [-0.15, -0.1) is 0 Å². The van der Waals surface area contributed by atoms with Crippen LogP contribution in [0, 0.1) is 0 Å². The minimum atomic E-state index is -0.225. The van der Waals surface area contributed by atoms with Gasteiger partial charge >= 0.3 is 0 Å². The second-order valence-electron chi connectivity index (χ2n) is 6.21. The first-order chi connectivity index (χ1) is 12.7. The van der Waals surface area contributed by atoms with Gasteiger partial charge < -0.3 is 15.0 Å². The first kappa shape index (κ1) is 17.8. The fraction of sp³-hybridized carbons (Fsp3) is 0.368. The molecule has 0 spiro atoms. The highest BCUT2D eigenvalue weighted by atomic mass is 16.5. The molecule has 1 saturated heterocycles. The van der Waals surface area contributed by atoms with Crippen LogP contribution in [0.3, 0.4) is 0 Å². The number of rotatable bonds is 5. The first-order valence-electron chi connectivity index (χ1n) is 8.64. The minimum absolute atomic E-state index is 0.0415. The lowest BCUT2D eigenvalue weighted by molar-refractivity contribution is -0.131. The van der Waals surface area contributed by atoms with E-state index in [-0.39, 0.29) is 17.9 Å². The SMILES string of the molecule is COc1ccccc1CC(=O)N1CCC(NC(=O)c2cnccn2)CC1. The summed E-state index contributed by atoms with van der Waals surface area (Å²) >= 11 is 0. The van der Waals surface area contributed by atoms with Crippen molar-refractivity contribution in [2.45, 2.75) is 25.3 Å². The van der Waals surface area contributed by atoms with Gasteiger partial charge in [-0.05, 0) is 18.9 Å². The van der Waals surface area contributed by atoms with Gasteiger partial charge in [0.15, 0.2) is 0 Å². The zero-order chi connectivity index (χ0) is 18.4. The summed E-state index contributed by atoms with van der Waals surface area (Å²) in [4.78, 5) is 34.4. The zero-order valence-corrected chi connectivity index (χ0v) is 14.7. The van der Waals surface area contributed by atoms with Crippen LogP contribution in [-0.2, 0) is 11.2 Å². The van der Waals surface area contributed by atoms with Crippen molar-refractivity contribution >= 4 is 11.8 Å². The van der Waals surface area contributed by atoms with Crippen molar-refractivity contribution in [1.82, 2.24) is 20.2 Å². The number of nitrogens with zero attached hydrogens (tertiary/aromatic N) is 3. The molecule has 0 atom stereocenters. The highest BCUT2D eigenvalue weighted by Gasteiger charge is 2.25. The van der Waals surface area contributed by atoms with Crippen LogP contribution in [0.4, 0.5) is 0 Å². The number of ether oxygens (including phenoxy) is 1. The molecule has 0 unspecified atom stereocenters. The van der Waals surface area contributed by atoms with E-state index in [1.807, 2.05) is 29.2 Å². The van der Waals surface area contributed by atoms with E-state index < -0.39 is 0 Å². The second kappa shape index (κ2) is 8.42. The number of carbonyl (C=O) groups excluding carboxylic acids is 2. The van der Waals surface area contributed by atoms with E-state index in [4.69, 9.17) is 4.74 Å². The summed E-state index contributed by atoms with van der Waals surface area (Å²) in [6.07, 6.45) is 6.24. The van der Waals surface area contributed by atoms with Gasteiger partial charge in [0.05, 0.1) is 19.7 Å². The lowest BCUT2D eigenvalue weighted by Gasteiger charge is -2.32. The summed E-state index contributed by atoms with van der Waals surface area (Å²) in [5, 5.41) is 2.96. The molecule has 26 heavy (non-hydrogen) atoms. The number of methoxy groups -OCH3 is 1. The van der Waals surface area contributed by atoms with E-state index in [2.05, 4.69) is 15.3 Å². The molecule has 7 nitrogen and oxygen atoms in total. The van der Waals surface area contributed by atoms with Crippen molar-refractivity contribution in [3.63, 3.8) is 0 Å². The van der Waals surface area contributed by atoms with Gasteiger partial charge in [0.2, 0.25) is 5.91 Å². The summed E-state index contributed by atoms with van der Waals surface area (Å²) in [5.41, 5.74) is 1.19. The van der Waals surface area contributed by atoms with Gasteiger partial charge in [0.1, 0.15) is 11.4 Å². The molecule has 0 radical (unpaired) electrons. The van der Waals surface area contributed by atoms with Crippen LogP contribution in [0.2, 0.25) is 0 Å². The topological polar surface area (TPSA) is 84.4 Å². The Kier molecular flexibility index (Phi) is 5.78. The number of para-hydroxylation sites is 1. The van der Waals surface area contributed by atoms with Crippen molar-refractivity contribution < 1.29 is 14.3 Å². The van der Waals surface area contributed by atoms with E-state index in [0.29, 0.717) is 25.2 Å². The van der Waals surface area contributed by atoms with Gasteiger partial charge in [-0.1, -0.05) is 18.2 Å². The van der Waals surface area contributed by atoms with E-state index in [9.17, 15) is 9.59 Å². The average molecular weight is 354 g/mol. The molecule has 2 aromatic rings. The van der Waals surface area contributed by atoms with Crippen LogP contribution >= 0.6 is 0 Å². The quantitative estimate of drug-likeness (QED) is 0.878. The summed E-state index contributed by atoms with van der Waals surface area (Å²) in [6, 6.07) is 7.60. The van der Waals surface area contributed by atoms with Crippen LogP contribution in [-0.4, -0.2) is 52.9 Å². The zero-order valence-electron chi connectivity index (χ0n) is 14.7. The Morgan fingerprint density at radius 2 is 2.00 bits per heavy atom. The maximum atomic E-state index is 12.6. The number of amides is 2. The maximum Gasteiger partial charge on any atom is 0.271 e. The molecular weight excluding hydrogens is 332 g/mol. The Morgan fingerprint density at radius 3 is 2.69 bits per heavy atom. The highest BCUT2D eigenvalue weighted by molar-refractivity contribution is 5.92. The first-order valence-corrected chi connectivity index (χ1v) is 8.64. The largest absolute Gasteiger partial charge is 0.496 e. The van der Waals surface area contributed by atoms with Crippen molar-refractivity contribution in [1.29, 1.82) is 0 Å². The van der Waals surface area contributed by atoms with Crippen molar-refractivity contribution in [2.24, 2.45) is 0 Å². The van der Waals surface area contributed by atoms with E-state index in [0.717, 1.165) is 24.2 Å². The Hall–Kier alpha value is -2.96. The average Bonchev–Trinajstić information content (AvgIpc) is 2.69. The van der Waals surface area contributed by atoms with Crippen LogP contribution in [0.1, 0.15) is 28.9 Å². The number of hydrogen-bond acceptors (Lipinski definition) is 5. The van der Waals surface area contributed by atoms with E-state index in [1.54, 1.807) is 7.11 Å². The second-order valence-corrected chi connectivity index (χ2v) is 6.21. The van der Waals surface area contributed by atoms with E-state index in [1.165, 1.54) is 18.6 Å². The van der Waals surface area contributed by atoms with Crippen LogP contribution in [0.15, 0.2) is 42.9 Å². The van der Waals surface area contributed by atoms with Gasteiger partial charge in [-0.2, -0.15) is 0 Å². The van der Waals surface area contributed by atoms with Gasteiger partial charge in [-0.3, -0.25) is 14.6 Å². The Labute approximate surface area is 152 Å². The van der Waals surface area contributed by atoms with Crippen molar-refractivity contribution in [3.8, 4) is 5.75 Å². The molecule has 7 heteroatoms. The Bertz CT molecular complexity index is 758. The summed E-state index contributed by atoms with van der Waals surface area (Å²) in [5.74, 6) is 0.581. The van der Waals surface area contributed by atoms with E-state index >= 15 is 0 Å². The molecular formula is C19H22N4O3. The molecule has 3 rings (SSSR count). The van der Waals surface area contributed by atoms with Crippen molar-refractivity contribution in [3.05, 3.63) is 54.1 Å². The highest BCUT2D eigenvalue weighted by Crippen LogP contribution is 2.20. The molecule has 1 aliphatic heterocycles. The van der Waals surface area contributed by atoms with Gasteiger partial charge in [-0.25, -0.2) is 4.98 Å². The molecule has 0 bridgehead atoms. The normalized spacial score (nSPS) is 14.7. The van der Waals surface area contributed by atoms with Crippen LogP contribution in [0.5, 0.6) is 5.75 Å². The Balaban J connectivity index is 1.50. The molecule has 1 aromatic heterocycles. The number of benzene rings is 1. The molecule has 0 saturated carbocycles.